The highest BCUT2D eigenvalue weighted by atomic mass is 32.2. The predicted octanol–water partition coefficient (Wildman–Crippen LogP) is 1.27. The Labute approximate surface area is 98.6 Å². The molecule has 0 aromatic carbocycles. The van der Waals surface area contributed by atoms with Gasteiger partial charge in [0.05, 0.1) is 16.8 Å². The van der Waals surface area contributed by atoms with Crippen LogP contribution in [0.1, 0.15) is 37.4 Å². The van der Waals surface area contributed by atoms with Crippen LogP contribution in [0, 0.1) is 0 Å². The summed E-state index contributed by atoms with van der Waals surface area (Å²) in [6.45, 7) is 0. The Bertz CT molecular complexity index is 451. The zero-order valence-corrected chi connectivity index (χ0v) is 10.1. The number of imidazole rings is 1. The van der Waals surface area contributed by atoms with Crippen molar-refractivity contribution in [2.45, 2.75) is 49.2 Å². The van der Waals surface area contributed by atoms with Gasteiger partial charge >= 0.3 is 5.69 Å². The van der Waals surface area contributed by atoms with Crippen molar-refractivity contribution in [1.82, 2.24) is 9.55 Å². The summed E-state index contributed by atoms with van der Waals surface area (Å²) in [4.78, 5) is 14.9. The van der Waals surface area contributed by atoms with Crippen molar-refractivity contribution in [2.75, 3.05) is 5.75 Å². The van der Waals surface area contributed by atoms with Gasteiger partial charge in [-0.2, -0.15) is 0 Å². The second-order valence-corrected chi connectivity index (χ2v) is 5.78. The molecule has 2 unspecified atom stereocenters. The Hall–Kier alpha value is -0.680. The fourth-order valence-electron chi connectivity index (χ4n) is 2.82. The molecule has 1 aliphatic carbocycles. The number of H-pyrrole nitrogens is 1. The van der Waals surface area contributed by atoms with E-state index in [2.05, 4.69) is 4.98 Å². The summed E-state index contributed by atoms with van der Waals surface area (Å²) in [6, 6.07) is 0.361. The number of aryl methyl sites for hydroxylation is 1. The number of nitrogens with one attached hydrogen (secondary N) is 1. The maximum absolute atomic E-state index is 11.9. The Balaban J connectivity index is 2.02. The minimum Gasteiger partial charge on any atom is -0.326 e. The Kier molecular flexibility index (Phi) is 2.59. The molecule has 3 rings (SSSR count). The van der Waals surface area contributed by atoms with E-state index in [1.165, 1.54) is 12.8 Å². The Morgan fingerprint density at radius 2 is 2.19 bits per heavy atom. The lowest BCUT2D eigenvalue weighted by Gasteiger charge is -2.29. The SMILES string of the molecule is NC1CCCCC1n1c2c([nH]c1=O)CCS2. The second-order valence-electron chi connectivity index (χ2n) is 4.70. The molecular weight excluding hydrogens is 222 g/mol. The van der Waals surface area contributed by atoms with Crippen LogP contribution in [0.2, 0.25) is 0 Å². The summed E-state index contributed by atoms with van der Waals surface area (Å²) in [7, 11) is 0. The topological polar surface area (TPSA) is 63.8 Å². The molecule has 2 heterocycles. The largest absolute Gasteiger partial charge is 0.326 e. The highest BCUT2D eigenvalue weighted by Gasteiger charge is 2.30. The van der Waals surface area contributed by atoms with Crippen molar-refractivity contribution in [2.24, 2.45) is 5.73 Å². The summed E-state index contributed by atoms with van der Waals surface area (Å²) in [5, 5.41) is 1.15. The highest BCUT2D eigenvalue weighted by Crippen LogP contribution is 2.35. The summed E-state index contributed by atoms with van der Waals surface area (Å²) < 4.78 is 1.93. The van der Waals surface area contributed by atoms with Crippen LogP contribution >= 0.6 is 11.8 Å². The average molecular weight is 239 g/mol. The molecule has 1 aromatic rings. The molecule has 1 saturated carbocycles. The molecule has 0 saturated heterocycles. The summed E-state index contributed by atoms with van der Waals surface area (Å²) >= 11 is 1.79. The molecule has 16 heavy (non-hydrogen) atoms. The minimum absolute atomic E-state index is 0.0413. The Morgan fingerprint density at radius 1 is 1.38 bits per heavy atom. The molecule has 88 valence electrons. The predicted molar refractivity (Wildman–Crippen MR) is 65.0 cm³/mol. The van der Waals surface area contributed by atoms with Crippen molar-refractivity contribution < 1.29 is 0 Å². The van der Waals surface area contributed by atoms with Crippen LogP contribution in [0.4, 0.5) is 0 Å². The molecule has 0 bridgehead atoms. The van der Waals surface area contributed by atoms with Crippen molar-refractivity contribution in [3.63, 3.8) is 0 Å². The first-order valence-electron chi connectivity index (χ1n) is 5.99. The van der Waals surface area contributed by atoms with Gasteiger partial charge in [0.25, 0.3) is 0 Å². The molecule has 0 radical (unpaired) electrons. The van der Waals surface area contributed by atoms with Crippen molar-refractivity contribution in [1.29, 1.82) is 0 Å². The van der Waals surface area contributed by atoms with Crippen LogP contribution in [0.15, 0.2) is 9.82 Å². The number of hydrogen-bond acceptors (Lipinski definition) is 3. The number of thioether (sulfide) groups is 1. The lowest BCUT2D eigenvalue weighted by atomic mass is 9.91. The van der Waals surface area contributed by atoms with E-state index in [4.69, 9.17) is 5.73 Å². The average Bonchev–Trinajstić information content (AvgIpc) is 2.79. The van der Waals surface area contributed by atoms with Crippen LogP contribution in [-0.2, 0) is 6.42 Å². The number of rotatable bonds is 1. The molecule has 5 heteroatoms. The third-order valence-electron chi connectivity index (χ3n) is 3.66. The minimum atomic E-state index is 0.0413. The lowest BCUT2D eigenvalue weighted by Crippen LogP contribution is -2.39. The molecule has 4 nitrogen and oxygen atoms in total. The number of fused-ring (bicyclic) bond motifs is 1. The number of aromatic amines is 1. The first-order valence-corrected chi connectivity index (χ1v) is 6.97. The van der Waals surface area contributed by atoms with Crippen LogP contribution in [-0.4, -0.2) is 21.3 Å². The van der Waals surface area contributed by atoms with Gasteiger partial charge in [-0.1, -0.05) is 12.8 Å². The van der Waals surface area contributed by atoms with Crippen LogP contribution < -0.4 is 11.4 Å². The monoisotopic (exact) mass is 239 g/mol. The van der Waals surface area contributed by atoms with E-state index in [1.54, 1.807) is 11.8 Å². The van der Waals surface area contributed by atoms with Gasteiger partial charge in [-0.25, -0.2) is 4.79 Å². The molecular formula is C11H17N3OS. The van der Waals surface area contributed by atoms with E-state index in [1.807, 2.05) is 4.57 Å². The highest BCUT2D eigenvalue weighted by molar-refractivity contribution is 7.99. The van der Waals surface area contributed by atoms with Gasteiger partial charge in [0, 0.05) is 11.8 Å². The third-order valence-corrected chi connectivity index (χ3v) is 4.78. The van der Waals surface area contributed by atoms with E-state index in [0.29, 0.717) is 0 Å². The third kappa shape index (κ3) is 1.53. The second kappa shape index (κ2) is 3.96. The molecule has 2 aliphatic rings. The summed E-state index contributed by atoms with van der Waals surface area (Å²) in [6.07, 6.45) is 5.47. The maximum atomic E-state index is 11.9. The summed E-state index contributed by atoms with van der Waals surface area (Å²) in [5.74, 6) is 1.09. The van der Waals surface area contributed by atoms with Gasteiger partial charge in [0.2, 0.25) is 0 Å². The smallest absolute Gasteiger partial charge is 0.326 e. The van der Waals surface area contributed by atoms with E-state index in [-0.39, 0.29) is 17.8 Å². The van der Waals surface area contributed by atoms with Gasteiger partial charge in [0.15, 0.2) is 0 Å². The van der Waals surface area contributed by atoms with Crippen LogP contribution in [0.5, 0.6) is 0 Å². The number of aromatic nitrogens is 2. The van der Waals surface area contributed by atoms with Gasteiger partial charge in [-0.3, -0.25) is 4.57 Å². The number of nitrogens with two attached hydrogens (primary N) is 1. The van der Waals surface area contributed by atoms with Crippen LogP contribution in [0.25, 0.3) is 0 Å². The zero-order valence-electron chi connectivity index (χ0n) is 9.24. The number of nitrogens with zero attached hydrogens (tertiary/aromatic N) is 1. The Morgan fingerprint density at radius 3 is 3.00 bits per heavy atom. The van der Waals surface area contributed by atoms with E-state index in [0.717, 1.165) is 35.7 Å². The number of hydrogen-bond donors (Lipinski definition) is 2. The standard InChI is InChI=1S/C11H17N3OS/c12-7-3-1-2-4-9(7)14-10-8(5-6-16-10)13-11(14)15/h7,9H,1-6,12H2,(H,13,15). The molecule has 1 fully saturated rings. The van der Waals surface area contributed by atoms with Crippen molar-refractivity contribution in [3.05, 3.63) is 16.2 Å². The zero-order chi connectivity index (χ0) is 11.1. The van der Waals surface area contributed by atoms with Crippen molar-refractivity contribution in [3.8, 4) is 0 Å². The molecule has 0 amide bonds. The lowest BCUT2D eigenvalue weighted by molar-refractivity contribution is 0.289. The van der Waals surface area contributed by atoms with Gasteiger partial charge in [0.1, 0.15) is 0 Å². The summed E-state index contributed by atoms with van der Waals surface area (Å²) in [5.41, 5.74) is 7.31. The fourth-order valence-corrected chi connectivity index (χ4v) is 4.00. The quantitative estimate of drug-likeness (QED) is 0.775. The van der Waals surface area contributed by atoms with Crippen molar-refractivity contribution >= 4 is 11.8 Å². The van der Waals surface area contributed by atoms with Gasteiger partial charge < -0.3 is 10.7 Å². The molecule has 1 aliphatic heterocycles. The molecule has 3 N–H and O–H groups in total. The molecule has 0 spiro atoms. The van der Waals surface area contributed by atoms with Gasteiger partial charge in [-0.05, 0) is 19.3 Å². The first-order chi connectivity index (χ1) is 7.77. The van der Waals surface area contributed by atoms with Crippen LogP contribution in [0.3, 0.4) is 0 Å². The fraction of sp³-hybridized carbons (Fsp3) is 0.727. The maximum Gasteiger partial charge on any atom is 0.326 e. The normalized spacial score (nSPS) is 29.3. The van der Waals surface area contributed by atoms with Gasteiger partial charge in [-0.15, -0.1) is 11.8 Å². The molecule has 1 aromatic heterocycles. The van der Waals surface area contributed by atoms with E-state index < -0.39 is 0 Å². The van der Waals surface area contributed by atoms with E-state index in [9.17, 15) is 4.79 Å². The first kappa shape index (κ1) is 10.5. The molecule has 2 atom stereocenters. The van der Waals surface area contributed by atoms with E-state index >= 15 is 0 Å².